The molecule has 3 aromatic heterocycles. The monoisotopic (exact) mass is 432 g/mol. The molecule has 5 nitrogen and oxygen atoms in total. The summed E-state index contributed by atoms with van der Waals surface area (Å²) >= 11 is 6.16. The first-order valence-corrected chi connectivity index (χ1v) is 10.6. The normalized spacial score (nSPS) is 11.8. The molecule has 23 heavy (non-hydrogen) atoms. The number of nitrogens with zero attached hydrogens (tertiary/aromatic N) is 1. The molecule has 0 amide bonds. The van der Waals surface area contributed by atoms with Gasteiger partial charge in [-0.15, -0.1) is 22.7 Å². The Morgan fingerprint density at radius 3 is 2.52 bits per heavy atom. The molecule has 122 valence electrons. The maximum Gasteiger partial charge on any atom is 0.273 e. The summed E-state index contributed by atoms with van der Waals surface area (Å²) in [6, 6.07) is 7.52. The van der Waals surface area contributed by atoms with Crippen molar-refractivity contribution in [1.29, 1.82) is 0 Å². The second kappa shape index (κ2) is 6.39. The minimum atomic E-state index is -3.70. The third-order valence-electron chi connectivity index (χ3n) is 3.12. The zero-order valence-electron chi connectivity index (χ0n) is 12.3. The van der Waals surface area contributed by atoms with Gasteiger partial charge in [-0.1, -0.05) is 12.1 Å². The number of aromatic nitrogens is 1. The minimum Gasteiger partial charge on any atom is -0.336 e. The molecule has 0 unspecified atom stereocenters. The number of aryl methyl sites for hydroxylation is 2. The molecule has 0 aromatic carbocycles. The number of hydrogen-bond acceptors (Lipinski definition) is 6. The van der Waals surface area contributed by atoms with Crippen LogP contribution in [0, 0.1) is 6.92 Å². The Morgan fingerprint density at radius 1 is 1.22 bits per heavy atom. The van der Waals surface area contributed by atoms with E-state index in [1.54, 1.807) is 24.3 Å². The van der Waals surface area contributed by atoms with E-state index in [4.69, 9.17) is 4.52 Å². The van der Waals surface area contributed by atoms with E-state index in [2.05, 4.69) is 38.8 Å². The van der Waals surface area contributed by atoms with Gasteiger partial charge in [0.25, 0.3) is 15.9 Å². The van der Waals surface area contributed by atoms with E-state index < -0.39 is 10.0 Å². The summed E-state index contributed by atoms with van der Waals surface area (Å²) < 4.78 is 33.1. The molecule has 0 aliphatic heterocycles. The van der Waals surface area contributed by atoms with Gasteiger partial charge in [0, 0.05) is 14.6 Å². The molecule has 0 aliphatic carbocycles. The highest BCUT2D eigenvalue weighted by Crippen LogP contribution is 2.36. The first-order chi connectivity index (χ1) is 10.9. The average molecular weight is 433 g/mol. The quantitative estimate of drug-likeness (QED) is 0.621. The van der Waals surface area contributed by atoms with Gasteiger partial charge in [-0.2, -0.15) is 0 Å². The van der Waals surface area contributed by atoms with Crippen LogP contribution >= 0.6 is 38.6 Å². The van der Waals surface area contributed by atoms with Crippen LogP contribution in [0.15, 0.2) is 37.5 Å². The molecule has 0 saturated heterocycles. The standard InChI is InChI=1S/C14H13BrN2O3S3/c1-3-9-4-5-10(21-9)11-6-7-12(22-11)23(18,19)17-14-13(15)8(2)16-20-14/h4-7,17H,3H2,1-2H3. The number of nitrogens with one attached hydrogen (secondary N) is 1. The minimum absolute atomic E-state index is 0.0850. The topological polar surface area (TPSA) is 72.2 Å². The van der Waals surface area contributed by atoms with E-state index in [9.17, 15) is 8.42 Å². The number of halogens is 1. The van der Waals surface area contributed by atoms with Crippen molar-refractivity contribution in [3.8, 4) is 9.75 Å². The zero-order chi connectivity index (χ0) is 16.6. The second-order valence-corrected chi connectivity index (χ2v) is 9.71. The molecule has 0 bridgehead atoms. The second-order valence-electron chi connectivity index (χ2n) is 4.75. The lowest BCUT2D eigenvalue weighted by Crippen LogP contribution is -2.11. The van der Waals surface area contributed by atoms with Gasteiger partial charge >= 0.3 is 0 Å². The van der Waals surface area contributed by atoms with E-state index in [1.165, 1.54) is 16.2 Å². The number of rotatable bonds is 5. The number of thiophene rings is 2. The average Bonchev–Trinajstić information content (AvgIpc) is 3.22. The molecule has 9 heteroatoms. The molecule has 0 fully saturated rings. The van der Waals surface area contributed by atoms with Gasteiger partial charge in [-0.25, -0.2) is 13.1 Å². The largest absolute Gasteiger partial charge is 0.336 e. The van der Waals surface area contributed by atoms with E-state index in [0.717, 1.165) is 16.2 Å². The van der Waals surface area contributed by atoms with Crippen molar-refractivity contribution in [2.45, 2.75) is 24.5 Å². The van der Waals surface area contributed by atoms with Crippen molar-refractivity contribution in [1.82, 2.24) is 5.16 Å². The van der Waals surface area contributed by atoms with Gasteiger partial charge in [-0.3, -0.25) is 0 Å². The fraction of sp³-hybridized carbons (Fsp3) is 0.214. The lowest BCUT2D eigenvalue weighted by Gasteiger charge is -2.02. The summed E-state index contributed by atoms with van der Waals surface area (Å²) in [5, 5.41) is 3.72. The fourth-order valence-electron chi connectivity index (χ4n) is 1.89. The van der Waals surface area contributed by atoms with Crippen LogP contribution < -0.4 is 4.72 Å². The predicted molar refractivity (Wildman–Crippen MR) is 96.8 cm³/mol. The van der Waals surface area contributed by atoms with Crippen molar-refractivity contribution in [2.75, 3.05) is 4.72 Å². The van der Waals surface area contributed by atoms with Crippen molar-refractivity contribution >= 4 is 54.5 Å². The molecular weight excluding hydrogens is 420 g/mol. The summed E-state index contributed by atoms with van der Waals surface area (Å²) in [5.41, 5.74) is 0.584. The van der Waals surface area contributed by atoms with Crippen molar-refractivity contribution in [2.24, 2.45) is 0 Å². The molecule has 0 saturated carbocycles. The molecule has 1 N–H and O–H groups in total. The zero-order valence-corrected chi connectivity index (χ0v) is 16.3. The van der Waals surface area contributed by atoms with E-state index in [1.807, 2.05) is 12.1 Å². The molecule has 0 atom stereocenters. The third-order valence-corrected chi connectivity index (χ3v) is 8.38. The van der Waals surface area contributed by atoms with Crippen LogP contribution in [0.2, 0.25) is 0 Å². The van der Waals surface area contributed by atoms with E-state index in [0.29, 0.717) is 10.2 Å². The molecule has 0 aliphatic rings. The smallest absolute Gasteiger partial charge is 0.273 e. The summed E-state index contributed by atoms with van der Waals surface area (Å²) in [7, 11) is -3.70. The Morgan fingerprint density at radius 2 is 1.91 bits per heavy atom. The Kier molecular flexibility index (Phi) is 4.63. The van der Waals surface area contributed by atoms with Crippen LogP contribution in [0.25, 0.3) is 9.75 Å². The lowest BCUT2D eigenvalue weighted by atomic mass is 10.3. The van der Waals surface area contributed by atoms with Gasteiger partial charge in [0.1, 0.15) is 8.68 Å². The highest BCUT2D eigenvalue weighted by molar-refractivity contribution is 9.10. The van der Waals surface area contributed by atoms with Gasteiger partial charge in [0.05, 0.1) is 5.69 Å². The predicted octanol–water partition coefficient (Wildman–Crippen LogP) is 4.90. The van der Waals surface area contributed by atoms with E-state index in [-0.39, 0.29) is 10.1 Å². The van der Waals surface area contributed by atoms with Crippen molar-refractivity contribution in [3.05, 3.63) is 39.3 Å². The van der Waals surface area contributed by atoms with Gasteiger partial charge in [0.2, 0.25) is 0 Å². The first-order valence-electron chi connectivity index (χ1n) is 6.74. The van der Waals surface area contributed by atoms with Crippen LogP contribution in [0.3, 0.4) is 0 Å². The molecular formula is C14H13BrN2O3S3. The van der Waals surface area contributed by atoms with Crippen LogP contribution in [0.1, 0.15) is 17.5 Å². The summed E-state index contributed by atoms with van der Waals surface area (Å²) in [6.07, 6.45) is 0.974. The third kappa shape index (κ3) is 3.37. The van der Waals surface area contributed by atoms with Gasteiger partial charge < -0.3 is 4.52 Å². The molecule has 0 spiro atoms. The SMILES string of the molecule is CCc1ccc(-c2ccc(S(=O)(=O)Nc3onc(C)c3Br)s2)s1. The lowest BCUT2D eigenvalue weighted by molar-refractivity contribution is 0.430. The highest BCUT2D eigenvalue weighted by atomic mass is 79.9. The van der Waals surface area contributed by atoms with Crippen LogP contribution in [-0.4, -0.2) is 13.6 Å². The number of anilines is 1. The Balaban J connectivity index is 1.88. The molecule has 3 heterocycles. The van der Waals surface area contributed by atoms with Gasteiger partial charge in [0.15, 0.2) is 0 Å². The summed E-state index contributed by atoms with van der Waals surface area (Å²) in [4.78, 5) is 3.28. The highest BCUT2D eigenvalue weighted by Gasteiger charge is 2.22. The Labute approximate surface area is 150 Å². The van der Waals surface area contributed by atoms with Crippen LogP contribution in [0.4, 0.5) is 5.88 Å². The molecule has 3 rings (SSSR count). The maximum absolute atomic E-state index is 12.5. The Bertz CT molecular complexity index is 940. The Hall–Kier alpha value is -1.16. The fourth-order valence-corrected chi connectivity index (χ4v) is 5.61. The molecule has 3 aromatic rings. The van der Waals surface area contributed by atoms with E-state index >= 15 is 0 Å². The van der Waals surface area contributed by atoms with Gasteiger partial charge in [-0.05, 0) is 53.5 Å². The van der Waals surface area contributed by atoms with Crippen LogP contribution in [-0.2, 0) is 16.4 Å². The number of hydrogen-bond donors (Lipinski definition) is 1. The maximum atomic E-state index is 12.5. The van der Waals surface area contributed by atoms with Crippen molar-refractivity contribution in [3.63, 3.8) is 0 Å². The van der Waals surface area contributed by atoms with Crippen molar-refractivity contribution < 1.29 is 12.9 Å². The molecule has 0 radical (unpaired) electrons. The summed E-state index contributed by atoms with van der Waals surface area (Å²) in [5.74, 6) is 0.0850. The first kappa shape index (κ1) is 16.7. The van der Waals surface area contributed by atoms with Crippen LogP contribution in [0.5, 0.6) is 0 Å². The number of sulfonamides is 1. The summed E-state index contributed by atoms with van der Waals surface area (Å²) in [6.45, 7) is 3.82.